The number of halogens is 1. The number of anilines is 5. The van der Waals surface area contributed by atoms with Crippen LogP contribution < -0.4 is 16.0 Å². The first-order valence-corrected chi connectivity index (χ1v) is 11.3. The maximum absolute atomic E-state index is 12.3. The van der Waals surface area contributed by atoms with Crippen molar-refractivity contribution in [2.45, 2.75) is 26.7 Å². The third kappa shape index (κ3) is 6.76. The number of nitrogens with zero attached hydrogens (tertiary/aromatic N) is 3. The molecular weight excluding hydrogens is 448 g/mol. The Bertz CT molecular complexity index is 1290. The van der Waals surface area contributed by atoms with Gasteiger partial charge in [-0.2, -0.15) is 0 Å². The van der Waals surface area contributed by atoms with E-state index in [2.05, 4.69) is 30.9 Å². The van der Waals surface area contributed by atoms with Crippen molar-refractivity contribution >= 4 is 46.3 Å². The van der Waals surface area contributed by atoms with E-state index in [1.165, 1.54) is 0 Å². The second kappa shape index (κ2) is 10.8. The fourth-order valence-electron chi connectivity index (χ4n) is 3.39. The number of carbonyl (C=O) groups is 1. The van der Waals surface area contributed by atoms with Crippen molar-refractivity contribution in [3.05, 3.63) is 94.9 Å². The van der Waals surface area contributed by atoms with Crippen LogP contribution in [0.15, 0.2) is 72.9 Å². The molecule has 8 heteroatoms. The zero-order chi connectivity index (χ0) is 23.9. The van der Waals surface area contributed by atoms with Crippen LogP contribution in [0.1, 0.15) is 23.4 Å². The Morgan fingerprint density at radius 2 is 1.59 bits per heavy atom. The third-order valence-corrected chi connectivity index (χ3v) is 5.22. The van der Waals surface area contributed by atoms with Crippen molar-refractivity contribution in [1.82, 2.24) is 15.0 Å². The largest absolute Gasteiger partial charge is 0.340 e. The summed E-state index contributed by atoms with van der Waals surface area (Å²) in [5.41, 5.74) is 3.72. The van der Waals surface area contributed by atoms with E-state index in [-0.39, 0.29) is 5.91 Å². The van der Waals surface area contributed by atoms with Crippen molar-refractivity contribution in [3.8, 4) is 0 Å². The Hall–Kier alpha value is -3.97. The molecule has 0 fully saturated rings. The van der Waals surface area contributed by atoms with Crippen LogP contribution in [0.2, 0.25) is 5.02 Å². The Morgan fingerprint density at radius 3 is 2.32 bits per heavy atom. The number of aromatic nitrogens is 3. The number of nitrogens with one attached hydrogen (secondary N) is 3. The molecule has 7 nitrogen and oxygen atoms in total. The molecule has 4 aromatic rings. The topological polar surface area (TPSA) is 91.8 Å². The van der Waals surface area contributed by atoms with Crippen LogP contribution in [0, 0.1) is 13.8 Å². The van der Waals surface area contributed by atoms with Gasteiger partial charge in [0.2, 0.25) is 5.91 Å². The highest BCUT2D eigenvalue weighted by Crippen LogP contribution is 2.21. The van der Waals surface area contributed by atoms with Crippen molar-refractivity contribution in [2.24, 2.45) is 0 Å². The molecule has 34 heavy (non-hydrogen) atoms. The van der Waals surface area contributed by atoms with Crippen molar-refractivity contribution in [2.75, 3.05) is 16.0 Å². The predicted octanol–water partition coefficient (Wildman–Crippen LogP) is 6.20. The Kier molecular flexibility index (Phi) is 7.34. The standard InChI is InChI=1S/C26H25ClN6O/c1-17-12-13-28-23(14-17)33-25-16-24(29-18(2)30-25)31-21-7-9-22(10-8-21)32-26(34)11-6-19-4-3-5-20(27)15-19/h3-5,7-10,12-16H,6,11H2,1-2H3,(H,32,34)(H2,28,29,30,31,33). The lowest BCUT2D eigenvalue weighted by Crippen LogP contribution is -2.12. The Labute approximate surface area is 203 Å². The van der Waals surface area contributed by atoms with Crippen LogP contribution in [0.25, 0.3) is 0 Å². The molecule has 2 aromatic heterocycles. The van der Waals surface area contributed by atoms with Crippen LogP contribution in [0.4, 0.5) is 28.8 Å². The average Bonchev–Trinajstić information content (AvgIpc) is 2.79. The van der Waals surface area contributed by atoms with Gasteiger partial charge in [-0.15, -0.1) is 0 Å². The van der Waals surface area contributed by atoms with Gasteiger partial charge in [0.15, 0.2) is 0 Å². The summed E-state index contributed by atoms with van der Waals surface area (Å²) < 4.78 is 0. The fourth-order valence-corrected chi connectivity index (χ4v) is 3.60. The quantitative estimate of drug-likeness (QED) is 0.283. The third-order valence-electron chi connectivity index (χ3n) is 4.98. The molecule has 4 rings (SSSR count). The SMILES string of the molecule is Cc1ccnc(Nc2cc(Nc3ccc(NC(=O)CCc4cccc(Cl)c4)cc3)nc(C)n2)c1. The van der Waals surface area contributed by atoms with Crippen LogP contribution in [0.5, 0.6) is 0 Å². The number of pyridine rings is 1. The van der Waals surface area contributed by atoms with Gasteiger partial charge in [0.05, 0.1) is 0 Å². The molecular formula is C26H25ClN6O. The number of carbonyl (C=O) groups excluding carboxylic acids is 1. The van der Waals surface area contributed by atoms with E-state index >= 15 is 0 Å². The van der Waals surface area contributed by atoms with Gasteiger partial charge in [-0.25, -0.2) is 15.0 Å². The summed E-state index contributed by atoms with van der Waals surface area (Å²) in [6.07, 6.45) is 2.77. The second-order valence-corrected chi connectivity index (χ2v) is 8.35. The van der Waals surface area contributed by atoms with Gasteiger partial charge < -0.3 is 16.0 Å². The monoisotopic (exact) mass is 472 g/mol. The lowest BCUT2D eigenvalue weighted by Gasteiger charge is -2.11. The summed E-state index contributed by atoms with van der Waals surface area (Å²) in [6.45, 7) is 3.85. The molecule has 3 N–H and O–H groups in total. The van der Waals surface area contributed by atoms with Crippen LogP contribution in [-0.2, 0) is 11.2 Å². The number of aryl methyl sites for hydroxylation is 3. The number of rotatable bonds is 8. The van der Waals surface area contributed by atoms with Crippen LogP contribution in [0.3, 0.4) is 0 Å². The molecule has 0 saturated carbocycles. The summed E-state index contributed by atoms with van der Waals surface area (Å²) in [4.78, 5) is 25.5. The second-order valence-electron chi connectivity index (χ2n) is 7.91. The molecule has 0 bridgehead atoms. The number of hydrogen-bond acceptors (Lipinski definition) is 6. The molecule has 0 unspecified atom stereocenters. The zero-order valence-corrected chi connectivity index (χ0v) is 19.7. The van der Waals surface area contributed by atoms with Gasteiger partial charge >= 0.3 is 0 Å². The smallest absolute Gasteiger partial charge is 0.224 e. The van der Waals surface area contributed by atoms with Gasteiger partial charge in [0.25, 0.3) is 0 Å². The summed E-state index contributed by atoms with van der Waals surface area (Å²) in [5.74, 6) is 2.61. The molecule has 0 atom stereocenters. The summed E-state index contributed by atoms with van der Waals surface area (Å²) in [7, 11) is 0. The lowest BCUT2D eigenvalue weighted by atomic mass is 10.1. The molecule has 0 spiro atoms. The first-order chi connectivity index (χ1) is 16.4. The average molecular weight is 473 g/mol. The van der Waals surface area contributed by atoms with Gasteiger partial charge in [0.1, 0.15) is 23.3 Å². The fraction of sp³-hybridized carbons (Fsp3) is 0.154. The minimum Gasteiger partial charge on any atom is -0.340 e. The molecule has 0 aliphatic carbocycles. The minimum atomic E-state index is -0.0485. The van der Waals surface area contributed by atoms with Crippen LogP contribution in [-0.4, -0.2) is 20.9 Å². The number of benzene rings is 2. The molecule has 0 radical (unpaired) electrons. The molecule has 0 aliphatic rings. The highest BCUT2D eigenvalue weighted by molar-refractivity contribution is 6.30. The number of hydrogen-bond donors (Lipinski definition) is 3. The van der Waals surface area contributed by atoms with Gasteiger partial charge in [-0.05, 0) is 79.9 Å². The number of amides is 1. The van der Waals surface area contributed by atoms with Gasteiger partial charge in [-0.3, -0.25) is 4.79 Å². The van der Waals surface area contributed by atoms with Gasteiger partial charge in [-0.1, -0.05) is 23.7 Å². The molecule has 0 aliphatic heterocycles. The molecule has 0 saturated heterocycles. The highest BCUT2D eigenvalue weighted by Gasteiger charge is 2.06. The molecule has 2 heterocycles. The van der Waals surface area contributed by atoms with E-state index in [1.807, 2.05) is 80.6 Å². The maximum atomic E-state index is 12.3. The van der Waals surface area contributed by atoms with Gasteiger partial charge in [0, 0.05) is 35.1 Å². The molecule has 1 amide bonds. The first kappa shape index (κ1) is 23.2. The predicted molar refractivity (Wildman–Crippen MR) is 137 cm³/mol. The van der Waals surface area contributed by atoms with E-state index in [4.69, 9.17) is 11.6 Å². The summed E-state index contributed by atoms with van der Waals surface area (Å²) >= 11 is 6.00. The minimum absolute atomic E-state index is 0.0485. The first-order valence-electron chi connectivity index (χ1n) is 10.9. The normalized spacial score (nSPS) is 10.6. The highest BCUT2D eigenvalue weighted by atomic mass is 35.5. The van der Waals surface area contributed by atoms with E-state index in [0.29, 0.717) is 35.3 Å². The van der Waals surface area contributed by atoms with Crippen molar-refractivity contribution in [1.29, 1.82) is 0 Å². The maximum Gasteiger partial charge on any atom is 0.224 e. The van der Waals surface area contributed by atoms with Crippen molar-refractivity contribution in [3.63, 3.8) is 0 Å². The van der Waals surface area contributed by atoms with Crippen molar-refractivity contribution < 1.29 is 4.79 Å². The molecule has 172 valence electrons. The Morgan fingerprint density at radius 1 is 0.853 bits per heavy atom. The molecule has 2 aromatic carbocycles. The summed E-state index contributed by atoms with van der Waals surface area (Å²) in [5, 5.41) is 10.1. The van der Waals surface area contributed by atoms with E-state index in [0.717, 1.165) is 28.3 Å². The van der Waals surface area contributed by atoms with E-state index in [9.17, 15) is 4.79 Å². The Balaban J connectivity index is 1.35. The summed E-state index contributed by atoms with van der Waals surface area (Å²) in [6, 6.07) is 20.7. The van der Waals surface area contributed by atoms with E-state index in [1.54, 1.807) is 6.20 Å². The zero-order valence-electron chi connectivity index (χ0n) is 19.0. The lowest BCUT2D eigenvalue weighted by molar-refractivity contribution is -0.116. The van der Waals surface area contributed by atoms with E-state index < -0.39 is 0 Å². The van der Waals surface area contributed by atoms with Crippen LogP contribution >= 0.6 is 11.6 Å².